The van der Waals surface area contributed by atoms with E-state index in [9.17, 15) is 28.0 Å². The molecule has 2 aromatic rings. The molecular weight excluding hydrogens is 500 g/mol. The summed E-state index contributed by atoms with van der Waals surface area (Å²) in [5.74, 6) is -1.01. The van der Waals surface area contributed by atoms with Crippen LogP contribution in [0.3, 0.4) is 0 Å². The van der Waals surface area contributed by atoms with Crippen molar-refractivity contribution in [2.24, 2.45) is 0 Å². The van der Waals surface area contributed by atoms with E-state index in [1.54, 1.807) is 22.4 Å². The number of thioether (sulfide) groups is 1. The molecule has 1 atom stereocenters. The second-order valence-corrected chi connectivity index (χ2v) is 9.65. The van der Waals surface area contributed by atoms with Gasteiger partial charge in [0.2, 0.25) is 5.91 Å². The van der Waals surface area contributed by atoms with Gasteiger partial charge in [-0.1, -0.05) is 18.2 Å². The van der Waals surface area contributed by atoms with Gasteiger partial charge in [0.15, 0.2) is 0 Å². The first kappa shape index (κ1) is 24.9. The minimum Gasteiger partial charge on any atom is -0.435 e. The molecule has 1 N–H and O–H groups in total. The summed E-state index contributed by atoms with van der Waals surface area (Å²) in [4.78, 5) is 53.7. The minimum atomic E-state index is -2.93. The molecule has 0 unspecified atom stereocenters. The van der Waals surface area contributed by atoms with Crippen LogP contribution in [0.4, 0.5) is 13.6 Å². The third-order valence-corrected chi connectivity index (χ3v) is 7.22. The number of hydrogen-bond acceptors (Lipinski definition) is 7. The second-order valence-electron chi connectivity index (χ2n) is 7.71. The number of alkyl halides is 2. The lowest BCUT2D eigenvalue weighted by molar-refractivity contribution is -0.126. The van der Waals surface area contributed by atoms with Crippen LogP contribution in [0.15, 0.2) is 46.7 Å². The summed E-state index contributed by atoms with van der Waals surface area (Å²) < 4.78 is 28.8. The van der Waals surface area contributed by atoms with Gasteiger partial charge in [-0.2, -0.15) is 8.78 Å². The molecule has 0 bridgehead atoms. The standard InChI is InChI=1S/C23H21F2N3O5S2/c24-22(25)33-15-7-5-14(6-8-15)13-18-21(31)28(23(32)35-18)11-9-26-19(29)16-3-1-10-27(16)20(30)17-4-2-12-34-17/h2,4-8,12-13,16,22H,1,3,9-11H2,(H,26,29)/b18-13-/t16-/m0/s1. The van der Waals surface area contributed by atoms with E-state index >= 15 is 0 Å². The number of likely N-dealkylation sites (tertiary alicyclic amines) is 1. The Morgan fingerprint density at radius 1 is 1.20 bits per heavy atom. The lowest BCUT2D eigenvalue weighted by atomic mass is 10.2. The Kier molecular flexibility index (Phi) is 7.81. The number of imide groups is 1. The number of rotatable bonds is 8. The third kappa shape index (κ3) is 5.88. The molecule has 2 aliphatic rings. The van der Waals surface area contributed by atoms with Crippen molar-refractivity contribution in [2.75, 3.05) is 19.6 Å². The first-order chi connectivity index (χ1) is 16.8. The predicted octanol–water partition coefficient (Wildman–Crippen LogP) is 3.81. The number of ether oxygens (including phenoxy) is 1. The fraction of sp³-hybridized carbons (Fsp3) is 0.304. The van der Waals surface area contributed by atoms with E-state index in [0.29, 0.717) is 23.4 Å². The molecule has 0 saturated carbocycles. The van der Waals surface area contributed by atoms with Gasteiger partial charge in [0, 0.05) is 19.6 Å². The molecule has 0 aliphatic carbocycles. The zero-order valence-electron chi connectivity index (χ0n) is 18.3. The highest BCUT2D eigenvalue weighted by Gasteiger charge is 2.37. The van der Waals surface area contributed by atoms with E-state index in [2.05, 4.69) is 10.1 Å². The van der Waals surface area contributed by atoms with E-state index in [0.717, 1.165) is 23.1 Å². The summed E-state index contributed by atoms with van der Waals surface area (Å²) >= 11 is 2.08. The average Bonchev–Trinajstić information content (AvgIpc) is 3.58. The summed E-state index contributed by atoms with van der Waals surface area (Å²) in [6.45, 7) is -2.39. The monoisotopic (exact) mass is 521 g/mol. The summed E-state index contributed by atoms with van der Waals surface area (Å²) in [5.41, 5.74) is 0.544. The molecule has 1 aromatic heterocycles. The highest BCUT2D eigenvalue weighted by atomic mass is 32.2. The normalized spacial score (nSPS) is 19.2. The summed E-state index contributed by atoms with van der Waals surface area (Å²) in [7, 11) is 0. The number of amides is 4. The molecule has 12 heteroatoms. The fourth-order valence-electron chi connectivity index (χ4n) is 3.82. The molecule has 4 rings (SSSR count). The number of nitrogens with zero attached hydrogens (tertiary/aromatic N) is 2. The molecule has 2 aliphatic heterocycles. The average molecular weight is 522 g/mol. The summed E-state index contributed by atoms with van der Waals surface area (Å²) in [5, 5.41) is 4.07. The SMILES string of the molecule is O=C(NCCN1C(=O)S/C(=C\c2ccc(OC(F)F)cc2)C1=O)[C@@H]1CCCN1C(=O)c1cccs1. The molecule has 4 amide bonds. The van der Waals surface area contributed by atoms with E-state index in [1.807, 2.05) is 0 Å². The van der Waals surface area contributed by atoms with Crippen molar-refractivity contribution < 1.29 is 32.7 Å². The Balaban J connectivity index is 1.31. The Bertz CT molecular complexity index is 1140. The first-order valence-electron chi connectivity index (χ1n) is 10.8. The maximum Gasteiger partial charge on any atom is 0.387 e. The fourth-order valence-corrected chi connectivity index (χ4v) is 5.37. The van der Waals surface area contributed by atoms with Crippen LogP contribution in [-0.2, 0) is 9.59 Å². The largest absolute Gasteiger partial charge is 0.435 e. The molecule has 8 nitrogen and oxygen atoms in total. The highest BCUT2D eigenvalue weighted by Crippen LogP contribution is 2.32. The number of carbonyl (C=O) groups is 4. The van der Waals surface area contributed by atoms with Crippen molar-refractivity contribution in [1.29, 1.82) is 0 Å². The van der Waals surface area contributed by atoms with E-state index in [4.69, 9.17) is 0 Å². The van der Waals surface area contributed by atoms with E-state index < -0.39 is 23.8 Å². The summed E-state index contributed by atoms with van der Waals surface area (Å²) in [6.07, 6.45) is 2.76. The molecule has 3 heterocycles. The van der Waals surface area contributed by atoms with Gasteiger partial charge in [-0.3, -0.25) is 24.1 Å². The molecule has 2 fully saturated rings. The van der Waals surface area contributed by atoms with Crippen molar-refractivity contribution in [1.82, 2.24) is 15.1 Å². The van der Waals surface area contributed by atoms with Crippen molar-refractivity contribution >= 4 is 52.1 Å². The van der Waals surface area contributed by atoms with Crippen molar-refractivity contribution in [3.63, 3.8) is 0 Å². The van der Waals surface area contributed by atoms with Gasteiger partial charge in [0.1, 0.15) is 11.8 Å². The number of thiophene rings is 1. The maximum absolute atomic E-state index is 12.7. The van der Waals surface area contributed by atoms with Crippen LogP contribution >= 0.6 is 23.1 Å². The highest BCUT2D eigenvalue weighted by molar-refractivity contribution is 8.18. The number of hydrogen-bond donors (Lipinski definition) is 1. The Morgan fingerprint density at radius 3 is 2.66 bits per heavy atom. The van der Waals surface area contributed by atoms with Crippen molar-refractivity contribution in [3.8, 4) is 5.75 Å². The van der Waals surface area contributed by atoms with Gasteiger partial charge in [-0.05, 0) is 59.8 Å². The lowest BCUT2D eigenvalue weighted by Crippen LogP contribution is -2.47. The van der Waals surface area contributed by atoms with Crippen molar-refractivity contribution in [3.05, 3.63) is 57.1 Å². The number of benzene rings is 1. The van der Waals surface area contributed by atoms with Crippen LogP contribution in [0.1, 0.15) is 28.1 Å². The van der Waals surface area contributed by atoms with Crippen LogP contribution in [0.5, 0.6) is 5.75 Å². The topological polar surface area (TPSA) is 96.0 Å². The van der Waals surface area contributed by atoms with Gasteiger partial charge in [-0.15, -0.1) is 11.3 Å². The van der Waals surface area contributed by atoms with Gasteiger partial charge in [0.25, 0.3) is 17.1 Å². The molecule has 35 heavy (non-hydrogen) atoms. The zero-order chi connectivity index (χ0) is 24.9. The van der Waals surface area contributed by atoms with Crippen LogP contribution < -0.4 is 10.1 Å². The van der Waals surface area contributed by atoms with Crippen LogP contribution in [-0.4, -0.2) is 65.0 Å². The molecule has 1 aromatic carbocycles. The second kappa shape index (κ2) is 11.0. The maximum atomic E-state index is 12.7. The Morgan fingerprint density at radius 2 is 1.97 bits per heavy atom. The molecular formula is C23H21F2N3O5S2. The summed E-state index contributed by atoms with van der Waals surface area (Å²) in [6, 6.07) is 8.59. The van der Waals surface area contributed by atoms with Gasteiger partial charge in [0.05, 0.1) is 9.78 Å². The van der Waals surface area contributed by atoms with Crippen LogP contribution in [0.2, 0.25) is 0 Å². The third-order valence-electron chi connectivity index (χ3n) is 5.46. The smallest absolute Gasteiger partial charge is 0.387 e. The molecule has 0 spiro atoms. The predicted molar refractivity (Wildman–Crippen MR) is 127 cm³/mol. The van der Waals surface area contributed by atoms with Crippen LogP contribution in [0, 0.1) is 0 Å². The number of halogens is 2. The van der Waals surface area contributed by atoms with Gasteiger partial charge >= 0.3 is 6.61 Å². The van der Waals surface area contributed by atoms with Crippen molar-refractivity contribution in [2.45, 2.75) is 25.5 Å². The number of nitrogens with one attached hydrogen (secondary N) is 1. The number of carbonyl (C=O) groups excluding carboxylic acids is 4. The Labute approximate surface area is 207 Å². The molecule has 0 radical (unpaired) electrons. The zero-order valence-corrected chi connectivity index (χ0v) is 20.0. The first-order valence-corrected chi connectivity index (χ1v) is 12.5. The molecule has 184 valence electrons. The van der Waals surface area contributed by atoms with Crippen LogP contribution in [0.25, 0.3) is 6.08 Å². The molecule has 2 saturated heterocycles. The Hall–Kier alpha value is -3.25. The van der Waals surface area contributed by atoms with Gasteiger partial charge in [-0.25, -0.2) is 0 Å². The van der Waals surface area contributed by atoms with E-state index in [1.165, 1.54) is 41.7 Å². The quantitative estimate of drug-likeness (QED) is 0.531. The lowest BCUT2D eigenvalue weighted by Gasteiger charge is -2.23. The van der Waals surface area contributed by atoms with Gasteiger partial charge < -0.3 is 15.0 Å². The minimum absolute atomic E-state index is 0.0134. The van der Waals surface area contributed by atoms with E-state index in [-0.39, 0.29) is 35.6 Å².